The van der Waals surface area contributed by atoms with E-state index < -0.39 is 0 Å². The summed E-state index contributed by atoms with van der Waals surface area (Å²) in [5, 5.41) is 0. The molecule has 154 valence electrons. The highest BCUT2D eigenvalue weighted by molar-refractivity contribution is 9.11. The Morgan fingerprint density at radius 3 is 2.80 bits per heavy atom. The summed E-state index contributed by atoms with van der Waals surface area (Å²) < 4.78 is 1.34. The SMILES string of the molecule is C=C/C=C1/CC2C(Br)=CC=CC2C2(C3=C(CCC=C3)CC3=C2CCC=C3)C1C=CBr. The summed E-state index contributed by atoms with van der Waals surface area (Å²) in [5.74, 6) is 1.27. The minimum absolute atomic E-state index is 0.0175. The first-order chi connectivity index (χ1) is 14.7. The molecule has 1 saturated carbocycles. The first-order valence-corrected chi connectivity index (χ1v) is 12.8. The fraction of sp³-hybridized carbons (Fsp3) is 0.357. The molecule has 0 radical (unpaired) electrons. The molecule has 0 nitrogen and oxygen atoms in total. The lowest BCUT2D eigenvalue weighted by Crippen LogP contribution is -2.50. The van der Waals surface area contributed by atoms with Gasteiger partial charge in [-0.1, -0.05) is 116 Å². The molecule has 2 heteroatoms. The molecule has 0 aromatic heterocycles. The second-order valence-electron chi connectivity index (χ2n) is 9.00. The molecule has 5 rings (SSSR count). The van der Waals surface area contributed by atoms with Crippen molar-refractivity contribution in [1.82, 2.24) is 0 Å². The van der Waals surface area contributed by atoms with Crippen LogP contribution in [0.4, 0.5) is 0 Å². The van der Waals surface area contributed by atoms with E-state index in [1.165, 1.54) is 29.3 Å². The van der Waals surface area contributed by atoms with Gasteiger partial charge in [0.2, 0.25) is 0 Å². The number of hydrogen-bond donors (Lipinski definition) is 0. The van der Waals surface area contributed by atoms with Crippen LogP contribution >= 0.6 is 31.9 Å². The van der Waals surface area contributed by atoms with E-state index in [1.807, 2.05) is 6.08 Å². The fourth-order valence-electron chi connectivity index (χ4n) is 6.75. The first kappa shape index (κ1) is 20.5. The Labute approximate surface area is 197 Å². The van der Waals surface area contributed by atoms with Crippen molar-refractivity contribution in [2.45, 2.75) is 38.5 Å². The summed E-state index contributed by atoms with van der Waals surface area (Å²) in [5.41, 5.74) is 8.01. The van der Waals surface area contributed by atoms with Crippen molar-refractivity contribution >= 4 is 31.9 Å². The van der Waals surface area contributed by atoms with Crippen molar-refractivity contribution in [2.75, 3.05) is 0 Å². The molecule has 0 aliphatic heterocycles. The van der Waals surface area contributed by atoms with E-state index in [1.54, 1.807) is 22.3 Å². The van der Waals surface area contributed by atoms with E-state index in [0.717, 1.165) is 19.3 Å². The van der Waals surface area contributed by atoms with Crippen LogP contribution in [0, 0.1) is 23.2 Å². The van der Waals surface area contributed by atoms with Gasteiger partial charge in [-0.05, 0) is 65.1 Å². The van der Waals surface area contributed by atoms with Crippen LogP contribution in [0.3, 0.4) is 0 Å². The molecule has 4 atom stereocenters. The number of allylic oxidation sites excluding steroid dienone is 16. The maximum Gasteiger partial charge on any atom is 0.0336 e. The Morgan fingerprint density at radius 2 is 1.97 bits per heavy atom. The Morgan fingerprint density at radius 1 is 1.13 bits per heavy atom. The molecule has 0 heterocycles. The number of fused-ring (bicyclic) bond motifs is 4. The van der Waals surface area contributed by atoms with Crippen LogP contribution < -0.4 is 0 Å². The maximum absolute atomic E-state index is 4.07. The monoisotopic (exact) mass is 522 g/mol. The lowest BCUT2D eigenvalue weighted by atomic mass is 9.45. The lowest BCUT2D eigenvalue weighted by molar-refractivity contribution is 0.157. The van der Waals surface area contributed by atoms with Crippen LogP contribution in [0.25, 0.3) is 0 Å². The van der Waals surface area contributed by atoms with E-state index in [0.29, 0.717) is 17.8 Å². The van der Waals surface area contributed by atoms with Crippen LogP contribution in [-0.2, 0) is 0 Å². The fourth-order valence-corrected chi connectivity index (χ4v) is 7.65. The second-order valence-corrected chi connectivity index (χ2v) is 10.4. The molecule has 0 bridgehead atoms. The predicted molar refractivity (Wildman–Crippen MR) is 135 cm³/mol. The zero-order valence-electron chi connectivity index (χ0n) is 17.3. The quantitative estimate of drug-likeness (QED) is 0.339. The molecule has 1 fully saturated rings. The van der Waals surface area contributed by atoms with Crippen LogP contribution in [0.2, 0.25) is 0 Å². The van der Waals surface area contributed by atoms with Crippen molar-refractivity contribution in [3.63, 3.8) is 0 Å². The summed E-state index contributed by atoms with van der Waals surface area (Å²) in [6.45, 7) is 4.07. The van der Waals surface area contributed by atoms with Crippen molar-refractivity contribution in [3.05, 3.63) is 105 Å². The Kier molecular flexibility index (Phi) is 5.66. The zero-order valence-corrected chi connectivity index (χ0v) is 20.5. The molecule has 0 amide bonds. The molecular weight excluding hydrogens is 496 g/mol. The summed E-state index contributed by atoms with van der Waals surface area (Å²) in [7, 11) is 0. The Bertz CT molecular complexity index is 1010. The smallest absolute Gasteiger partial charge is 0.0336 e. The van der Waals surface area contributed by atoms with Gasteiger partial charge in [-0.3, -0.25) is 0 Å². The van der Waals surface area contributed by atoms with Gasteiger partial charge in [-0.15, -0.1) is 0 Å². The standard InChI is InChI=1S/C28H28Br2/c1-2-8-19-18-22-26(13-7-14-27(22)30)28(25(19)15-16-29)23-11-5-3-9-20(23)17-21-10-4-6-12-24(21)28/h2-3,6-9,12-16,22,25-26H,1,4-5,10-11,17-18H2/b16-15?,19-8-. The van der Waals surface area contributed by atoms with Crippen molar-refractivity contribution in [2.24, 2.45) is 23.2 Å². The highest BCUT2D eigenvalue weighted by Crippen LogP contribution is 2.67. The minimum atomic E-state index is -0.0175. The summed E-state index contributed by atoms with van der Waals surface area (Å²) in [6, 6.07) is 0. The molecule has 30 heavy (non-hydrogen) atoms. The topological polar surface area (TPSA) is 0 Å². The van der Waals surface area contributed by atoms with Gasteiger partial charge in [0, 0.05) is 17.3 Å². The molecule has 5 aliphatic rings. The van der Waals surface area contributed by atoms with Crippen LogP contribution in [0.1, 0.15) is 38.5 Å². The van der Waals surface area contributed by atoms with Gasteiger partial charge in [0.05, 0.1) is 0 Å². The van der Waals surface area contributed by atoms with E-state index in [2.05, 4.69) is 98.1 Å². The van der Waals surface area contributed by atoms with E-state index in [4.69, 9.17) is 0 Å². The molecule has 0 saturated heterocycles. The van der Waals surface area contributed by atoms with Gasteiger partial charge < -0.3 is 0 Å². The van der Waals surface area contributed by atoms with Gasteiger partial charge in [-0.25, -0.2) is 0 Å². The van der Waals surface area contributed by atoms with E-state index >= 15 is 0 Å². The molecule has 1 spiro atoms. The van der Waals surface area contributed by atoms with Crippen molar-refractivity contribution in [3.8, 4) is 0 Å². The van der Waals surface area contributed by atoms with Gasteiger partial charge in [0.25, 0.3) is 0 Å². The number of halogens is 2. The molecule has 0 aromatic rings. The molecular formula is C28H28Br2. The summed E-state index contributed by atoms with van der Waals surface area (Å²) in [6.07, 6.45) is 30.4. The lowest BCUT2D eigenvalue weighted by Gasteiger charge is -2.58. The third kappa shape index (κ3) is 2.98. The van der Waals surface area contributed by atoms with Gasteiger partial charge >= 0.3 is 0 Å². The molecule has 0 aromatic carbocycles. The highest BCUT2D eigenvalue weighted by atomic mass is 79.9. The van der Waals surface area contributed by atoms with E-state index in [-0.39, 0.29) is 5.41 Å². The molecule has 5 aliphatic carbocycles. The number of hydrogen-bond acceptors (Lipinski definition) is 0. The van der Waals surface area contributed by atoms with Crippen molar-refractivity contribution < 1.29 is 0 Å². The van der Waals surface area contributed by atoms with Gasteiger partial charge in [-0.2, -0.15) is 0 Å². The van der Waals surface area contributed by atoms with E-state index in [9.17, 15) is 0 Å². The first-order valence-electron chi connectivity index (χ1n) is 11.1. The second kappa shape index (κ2) is 8.28. The maximum atomic E-state index is 4.07. The minimum Gasteiger partial charge on any atom is -0.0991 e. The normalized spacial score (nSPS) is 36.3. The van der Waals surface area contributed by atoms with Gasteiger partial charge in [0.1, 0.15) is 0 Å². The zero-order chi connectivity index (χ0) is 20.7. The predicted octanol–water partition coefficient (Wildman–Crippen LogP) is 8.79. The third-order valence-electron chi connectivity index (χ3n) is 7.72. The number of rotatable bonds is 2. The van der Waals surface area contributed by atoms with Crippen LogP contribution in [0.5, 0.6) is 0 Å². The molecule has 4 unspecified atom stereocenters. The third-order valence-corrected chi connectivity index (χ3v) is 8.88. The van der Waals surface area contributed by atoms with Crippen LogP contribution in [-0.4, -0.2) is 0 Å². The van der Waals surface area contributed by atoms with Gasteiger partial charge in [0.15, 0.2) is 0 Å². The Balaban J connectivity index is 1.86. The Hall–Kier alpha value is -1.38. The summed E-state index contributed by atoms with van der Waals surface area (Å²) in [4.78, 5) is 2.09. The summed E-state index contributed by atoms with van der Waals surface area (Å²) >= 11 is 7.61. The largest absolute Gasteiger partial charge is 0.0991 e. The molecule has 0 N–H and O–H groups in total. The average Bonchev–Trinajstić information content (AvgIpc) is 2.77. The average molecular weight is 524 g/mol. The van der Waals surface area contributed by atoms with Crippen molar-refractivity contribution in [1.29, 1.82) is 0 Å². The van der Waals surface area contributed by atoms with Crippen LogP contribution in [0.15, 0.2) is 105 Å². The highest BCUT2D eigenvalue weighted by Gasteiger charge is 2.58.